The van der Waals surface area contributed by atoms with Gasteiger partial charge in [-0.3, -0.25) is 0 Å². The minimum Gasteiger partial charge on any atom is -0.456 e. The van der Waals surface area contributed by atoms with Gasteiger partial charge in [-0.2, -0.15) is 0 Å². The predicted octanol–water partition coefficient (Wildman–Crippen LogP) is 15.7. The van der Waals surface area contributed by atoms with E-state index in [0.29, 0.717) is 6.42 Å². The number of para-hydroxylation sites is 4. The van der Waals surface area contributed by atoms with Crippen LogP contribution >= 0.6 is 0 Å². The third kappa shape index (κ3) is 5.83. The van der Waals surface area contributed by atoms with Gasteiger partial charge in [-0.25, -0.2) is 0 Å². The Labute approximate surface area is 396 Å². The van der Waals surface area contributed by atoms with E-state index in [1.165, 1.54) is 71.3 Å². The van der Waals surface area contributed by atoms with Crippen LogP contribution in [-0.2, 0) is 6.42 Å². The van der Waals surface area contributed by atoms with E-state index in [1.807, 2.05) is 0 Å². The van der Waals surface area contributed by atoms with Crippen molar-refractivity contribution in [2.45, 2.75) is 45.4 Å². The molecule has 0 bridgehead atoms. The minimum atomic E-state index is -0.222. The number of aryl methyl sites for hydroxylation is 1. The molecule has 14 rings (SSSR count). The Hall–Kier alpha value is -8.20. The van der Waals surface area contributed by atoms with E-state index in [2.05, 4.69) is 221 Å². The quantitative estimate of drug-likeness (QED) is 0.112. The highest BCUT2D eigenvalue weighted by Crippen LogP contribution is 2.52. The Morgan fingerprint density at radius 1 is 0.691 bits per heavy atom. The van der Waals surface area contributed by atoms with Crippen molar-refractivity contribution in [2.75, 3.05) is 9.80 Å². The first-order valence-electron chi connectivity index (χ1n) is 24.3. The SMILES string of the molecule is CCCCc1ccc(N2C3=C(C=C(N(c4ccccc4)c4ccccc4)CC#C3)B3c4c(cc5oc6ccccc6c5c42)-c2cccc4c5cc6ccccc6cc5n3c24)c(C2=CC=CCC2)c1. The molecule has 4 nitrogen and oxygen atoms in total. The van der Waals surface area contributed by atoms with Crippen LogP contribution in [-0.4, -0.2) is 11.3 Å². The van der Waals surface area contributed by atoms with Crippen molar-refractivity contribution in [3.63, 3.8) is 0 Å². The molecule has 0 unspecified atom stereocenters. The van der Waals surface area contributed by atoms with Crippen molar-refractivity contribution in [3.05, 3.63) is 216 Å². The van der Waals surface area contributed by atoms with Gasteiger partial charge in [0.1, 0.15) is 11.2 Å². The number of nitrogens with zero attached hydrogens (tertiary/aromatic N) is 3. The first-order valence-corrected chi connectivity index (χ1v) is 24.3. The van der Waals surface area contributed by atoms with Gasteiger partial charge in [0.25, 0.3) is 0 Å². The smallest absolute Gasteiger partial charge is 0.333 e. The maximum Gasteiger partial charge on any atom is 0.333 e. The van der Waals surface area contributed by atoms with Crippen LogP contribution < -0.4 is 15.3 Å². The summed E-state index contributed by atoms with van der Waals surface area (Å²) in [6.07, 6.45) is 15.3. The third-order valence-electron chi connectivity index (χ3n) is 14.8. The van der Waals surface area contributed by atoms with Crippen molar-refractivity contribution in [1.29, 1.82) is 0 Å². The number of unbranched alkanes of at least 4 members (excludes halogenated alkanes) is 1. The Balaban J connectivity index is 1.16. The molecule has 8 aromatic carbocycles. The van der Waals surface area contributed by atoms with Gasteiger partial charge in [0, 0.05) is 55.4 Å². The van der Waals surface area contributed by atoms with Crippen LogP contribution in [0.5, 0.6) is 0 Å². The summed E-state index contributed by atoms with van der Waals surface area (Å²) in [5.41, 5.74) is 19.8. The fourth-order valence-electron chi connectivity index (χ4n) is 11.8. The van der Waals surface area contributed by atoms with Gasteiger partial charge in [0.2, 0.25) is 0 Å². The fraction of sp³-hybridized carbons (Fsp3) is 0.111. The molecule has 0 N–H and O–H groups in total. The molecule has 5 heteroatoms. The molecule has 4 heterocycles. The van der Waals surface area contributed by atoms with Gasteiger partial charge in [0.05, 0.1) is 28.9 Å². The zero-order chi connectivity index (χ0) is 44.9. The summed E-state index contributed by atoms with van der Waals surface area (Å²) < 4.78 is 9.67. The Bertz CT molecular complexity index is 3910. The summed E-state index contributed by atoms with van der Waals surface area (Å²) in [6, 6.07) is 60.4. The minimum absolute atomic E-state index is 0.222. The second-order valence-corrected chi connectivity index (χ2v) is 18.7. The van der Waals surface area contributed by atoms with Crippen LogP contribution in [0.25, 0.3) is 71.2 Å². The van der Waals surface area contributed by atoms with Crippen molar-refractivity contribution >= 4 is 95.1 Å². The summed E-state index contributed by atoms with van der Waals surface area (Å²) in [4.78, 5) is 4.99. The maximum atomic E-state index is 6.99. The third-order valence-corrected chi connectivity index (χ3v) is 14.8. The summed E-state index contributed by atoms with van der Waals surface area (Å²) in [5.74, 6) is 7.80. The molecule has 2 aliphatic heterocycles. The van der Waals surface area contributed by atoms with Gasteiger partial charge in [0.15, 0.2) is 0 Å². The summed E-state index contributed by atoms with van der Waals surface area (Å²) in [7, 11) is 0. The summed E-state index contributed by atoms with van der Waals surface area (Å²) in [5, 5.41) is 7.22. The molecule has 0 radical (unpaired) electrons. The lowest BCUT2D eigenvalue weighted by Crippen LogP contribution is -2.50. The molecule has 2 aromatic heterocycles. The number of fused-ring (bicyclic) bond motifs is 11. The predicted molar refractivity (Wildman–Crippen MR) is 287 cm³/mol. The Morgan fingerprint density at radius 3 is 2.25 bits per heavy atom. The molecule has 4 aliphatic rings. The van der Waals surface area contributed by atoms with E-state index in [9.17, 15) is 0 Å². The van der Waals surface area contributed by atoms with Crippen LogP contribution in [0.2, 0.25) is 0 Å². The van der Waals surface area contributed by atoms with Crippen molar-refractivity contribution in [1.82, 2.24) is 4.48 Å². The van der Waals surface area contributed by atoms with Gasteiger partial charge >= 0.3 is 6.85 Å². The van der Waals surface area contributed by atoms with E-state index >= 15 is 0 Å². The number of allylic oxidation sites excluding steroid dienone is 8. The molecule has 0 amide bonds. The van der Waals surface area contributed by atoms with E-state index < -0.39 is 0 Å². The van der Waals surface area contributed by atoms with Crippen molar-refractivity contribution < 1.29 is 4.42 Å². The number of hydrogen-bond acceptors (Lipinski definition) is 3. The number of anilines is 4. The zero-order valence-corrected chi connectivity index (χ0v) is 38.0. The lowest BCUT2D eigenvalue weighted by molar-refractivity contribution is 0.669. The molecule has 0 atom stereocenters. The molecule has 10 aromatic rings. The second-order valence-electron chi connectivity index (χ2n) is 18.7. The van der Waals surface area contributed by atoms with Crippen LogP contribution in [0, 0.1) is 11.8 Å². The topological polar surface area (TPSA) is 24.6 Å². The highest BCUT2D eigenvalue weighted by atomic mass is 16.3. The van der Waals surface area contributed by atoms with Crippen LogP contribution in [0.3, 0.4) is 0 Å². The first-order chi connectivity index (χ1) is 33.7. The number of furan rings is 1. The normalized spacial score (nSPS) is 14.8. The van der Waals surface area contributed by atoms with Gasteiger partial charge in [-0.15, -0.1) is 0 Å². The van der Waals surface area contributed by atoms with Crippen LogP contribution in [0.4, 0.5) is 22.7 Å². The molecular formula is C63H46BN3O. The van der Waals surface area contributed by atoms with E-state index in [1.54, 1.807) is 0 Å². The van der Waals surface area contributed by atoms with Crippen molar-refractivity contribution in [3.8, 4) is 23.0 Å². The van der Waals surface area contributed by atoms with E-state index in [4.69, 9.17) is 4.42 Å². The Kier molecular flexibility index (Phi) is 8.86. The molecule has 0 spiro atoms. The molecule has 2 aliphatic carbocycles. The number of hydrogen-bond donors (Lipinski definition) is 0. The largest absolute Gasteiger partial charge is 0.456 e. The first kappa shape index (κ1) is 39.0. The average molecular weight is 872 g/mol. The summed E-state index contributed by atoms with van der Waals surface area (Å²) in [6.45, 7) is 2.06. The molecule has 68 heavy (non-hydrogen) atoms. The fourth-order valence-corrected chi connectivity index (χ4v) is 11.8. The molecule has 0 saturated heterocycles. The number of benzene rings is 8. The molecular weight excluding hydrogens is 826 g/mol. The lowest BCUT2D eigenvalue weighted by Gasteiger charge is -2.41. The lowest BCUT2D eigenvalue weighted by atomic mass is 9.44. The van der Waals surface area contributed by atoms with Gasteiger partial charge < -0.3 is 18.7 Å². The van der Waals surface area contributed by atoms with Gasteiger partial charge in [-0.1, -0.05) is 141 Å². The highest BCUT2D eigenvalue weighted by molar-refractivity contribution is 6.85. The zero-order valence-electron chi connectivity index (χ0n) is 38.0. The van der Waals surface area contributed by atoms with Crippen molar-refractivity contribution in [2.24, 2.45) is 0 Å². The molecule has 0 fully saturated rings. The second kappa shape index (κ2) is 15.4. The average Bonchev–Trinajstić information content (AvgIpc) is 3.84. The van der Waals surface area contributed by atoms with Crippen LogP contribution in [0.1, 0.15) is 50.2 Å². The van der Waals surface area contributed by atoms with E-state index in [0.717, 1.165) is 88.2 Å². The molecule has 322 valence electrons. The van der Waals surface area contributed by atoms with E-state index in [-0.39, 0.29) is 6.85 Å². The number of aromatic nitrogens is 1. The summed E-state index contributed by atoms with van der Waals surface area (Å²) >= 11 is 0. The molecule has 0 saturated carbocycles. The Morgan fingerprint density at radius 2 is 1.46 bits per heavy atom. The maximum absolute atomic E-state index is 6.99. The monoisotopic (exact) mass is 871 g/mol. The highest BCUT2D eigenvalue weighted by Gasteiger charge is 2.46. The van der Waals surface area contributed by atoms with Gasteiger partial charge in [-0.05, 0) is 137 Å². The number of rotatable bonds is 8. The van der Waals surface area contributed by atoms with Crippen LogP contribution in [0.15, 0.2) is 209 Å². The standard InChI is InChI=1S/C63H46BN3O/c1-2-3-19-41-34-35-55(51(36-41)42-20-7-4-8-21-42)66-56-32-17-28-47(65(45-24-9-5-10-25-45)46-26-11-6-12-27-46)39-54(56)64-61-53(40-59-60(63(61)66)50-29-15-16-33-58(50)68-59)49-31-18-30-48-52-37-43-22-13-14-23-44(43)38-57(52)67(64)62(48)49/h4-7,9-16,18,20,22-27,29-31,33-40H,2-3,8,19,21,28H2,1H3.